The van der Waals surface area contributed by atoms with Gasteiger partial charge in [-0.2, -0.15) is 0 Å². The number of anilines is 2. The minimum absolute atomic E-state index is 0.0188. The van der Waals surface area contributed by atoms with Crippen molar-refractivity contribution < 1.29 is 9.53 Å². The van der Waals surface area contributed by atoms with E-state index in [1.807, 2.05) is 6.92 Å². The van der Waals surface area contributed by atoms with E-state index in [1.165, 1.54) is 43.4 Å². The number of rotatable bonds is 7. The number of hydrogen-bond acceptors (Lipinski definition) is 4. The van der Waals surface area contributed by atoms with E-state index in [2.05, 4.69) is 36.9 Å². The predicted octanol–water partition coefficient (Wildman–Crippen LogP) is 4.73. The number of esters is 1. The van der Waals surface area contributed by atoms with Crippen molar-refractivity contribution in [3.63, 3.8) is 0 Å². The third kappa shape index (κ3) is 4.33. The number of carbonyl (C=O) groups is 1. The maximum absolute atomic E-state index is 11.9. The van der Waals surface area contributed by atoms with Gasteiger partial charge in [0.2, 0.25) is 0 Å². The van der Waals surface area contributed by atoms with Gasteiger partial charge in [0.25, 0.3) is 0 Å². The molecule has 144 valence electrons. The molecular weight excluding hydrogens is 324 g/mol. The minimum Gasteiger partial charge on any atom is -0.466 e. The Bertz CT molecular complexity index is 623. The van der Waals surface area contributed by atoms with E-state index in [4.69, 9.17) is 10.5 Å². The quantitative estimate of drug-likeness (QED) is 0.565. The van der Waals surface area contributed by atoms with Gasteiger partial charge in [0.05, 0.1) is 23.9 Å². The molecule has 0 saturated heterocycles. The standard InChI is InChI=1S/C22H34N2O2/c1-4-26-22(25)19-13-18(19)16-10-11-21(20(23)12-16)24(14-15(2)3)17-8-6-5-7-9-17/h10-12,15,17-19H,4-9,13-14,23H2,1-3H3/t18?,19-/m0/s1. The summed E-state index contributed by atoms with van der Waals surface area (Å²) in [6.07, 6.45) is 7.41. The zero-order chi connectivity index (χ0) is 18.7. The molecule has 0 aromatic heterocycles. The van der Waals surface area contributed by atoms with Crippen molar-refractivity contribution in [2.45, 2.75) is 71.3 Å². The molecule has 3 rings (SSSR count). The topological polar surface area (TPSA) is 55.6 Å². The van der Waals surface area contributed by atoms with E-state index in [1.54, 1.807) is 0 Å². The first-order chi connectivity index (χ1) is 12.5. The van der Waals surface area contributed by atoms with E-state index in [-0.39, 0.29) is 17.8 Å². The molecule has 2 saturated carbocycles. The number of nitrogens with zero attached hydrogens (tertiary/aromatic N) is 1. The first-order valence-electron chi connectivity index (χ1n) is 10.3. The van der Waals surface area contributed by atoms with Gasteiger partial charge in [0.1, 0.15) is 0 Å². The van der Waals surface area contributed by atoms with Gasteiger partial charge >= 0.3 is 5.97 Å². The van der Waals surface area contributed by atoms with Crippen molar-refractivity contribution >= 4 is 17.3 Å². The number of nitrogen functional groups attached to an aromatic ring is 1. The lowest BCUT2D eigenvalue weighted by Gasteiger charge is -2.38. The Balaban J connectivity index is 1.75. The molecule has 4 heteroatoms. The van der Waals surface area contributed by atoms with E-state index < -0.39 is 0 Å². The Morgan fingerprint density at radius 1 is 1.27 bits per heavy atom. The monoisotopic (exact) mass is 358 g/mol. The average molecular weight is 359 g/mol. The highest BCUT2D eigenvalue weighted by Gasteiger charge is 2.45. The van der Waals surface area contributed by atoms with Gasteiger partial charge < -0.3 is 15.4 Å². The van der Waals surface area contributed by atoms with Crippen molar-refractivity contribution in [2.24, 2.45) is 11.8 Å². The van der Waals surface area contributed by atoms with Gasteiger partial charge in [-0.05, 0) is 55.7 Å². The van der Waals surface area contributed by atoms with Gasteiger partial charge in [-0.1, -0.05) is 39.2 Å². The van der Waals surface area contributed by atoms with Crippen LogP contribution < -0.4 is 10.6 Å². The molecular formula is C22H34N2O2. The Hall–Kier alpha value is -1.71. The molecule has 0 amide bonds. The molecule has 2 N–H and O–H groups in total. The highest BCUT2D eigenvalue weighted by Crippen LogP contribution is 2.49. The van der Waals surface area contributed by atoms with Crippen LogP contribution in [0.25, 0.3) is 0 Å². The van der Waals surface area contributed by atoms with Gasteiger partial charge in [-0.3, -0.25) is 4.79 Å². The first-order valence-corrected chi connectivity index (χ1v) is 10.3. The van der Waals surface area contributed by atoms with Crippen molar-refractivity contribution in [3.05, 3.63) is 23.8 Å². The molecule has 4 nitrogen and oxygen atoms in total. The summed E-state index contributed by atoms with van der Waals surface area (Å²) < 4.78 is 5.15. The summed E-state index contributed by atoms with van der Waals surface area (Å²) in [5.74, 6) is 0.834. The summed E-state index contributed by atoms with van der Waals surface area (Å²) >= 11 is 0. The highest BCUT2D eigenvalue weighted by atomic mass is 16.5. The first kappa shape index (κ1) is 19.1. The second kappa shape index (κ2) is 8.32. The van der Waals surface area contributed by atoms with Gasteiger partial charge in [0.15, 0.2) is 0 Å². The van der Waals surface area contributed by atoms with E-state index in [9.17, 15) is 4.79 Å². The Labute approximate surface area is 158 Å². The number of nitrogens with two attached hydrogens (primary N) is 1. The molecule has 1 aromatic rings. The summed E-state index contributed by atoms with van der Waals surface area (Å²) in [6.45, 7) is 7.90. The normalized spacial score (nSPS) is 23.1. The number of ether oxygens (including phenoxy) is 1. The lowest BCUT2D eigenvalue weighted by atomic mass is 9.92. The number of benzene rings is 1. The van der Waals surface area contributed by atoms with Crippen LogP contribution in [-0.4, -0.2) is 25.2 Å². The third-order valence-corrected chi connectivity index (χ3v) is 5.75. The maximum atomic E-state index is 11.9. The van der Waals surface area contributed by atoms with Crippen LogP contribution in [-0.2, 0) is 9.53 Å². The van der Waals surface area contributed by atoms with Gasteiger partial charge in [-0.15, -0.1) is 0 Å². The van der Waals surface area contributed by atoms with E-state index >= 15 is 0 Å². The van der Waals surface area contributed by atoms with Crippen LogP contribution in [0, 0.1) is 11.8 Å². The van der Waals surface area contributed by atoms with Crippen LogP contribution in [0.15, 0.2) is 18.2 Å². The van der Waals surface area contributed by atoms with E-state index in [0.29, 0.717) is 18.6 Å². The van der Waals surface area contributed by atoms with Crippen molar-refractivity contribution in [3.8, 4) is 0 Å². The molecule has 0 spiro atoms. The van der Waals surface area contributed by atoms with Crippen molar-refractivity contribution in [2.75, 3.05) is 23.8 Å². The lowest BCUT2D eigenvalue weighted by molar-refractivity contribution is -0.144. The number of carbonyl (C=O) groups excluding carboxylic acids is 1. The summed E-state index contributed by atoms with van der Waals surface area (Å²) in [4.78, 5) is 14.5. The molecule has 0 aliphatic heterocycles. The fraction of sp³-hybridized carbons (Fsp3) is 0.682. The second-order valence-corrected chi connectivity index (χ2v) is 8.36. The second-order valence-electron chi connectivity index (χ2n) is 8.36. The number of hydrogen-bond donors (Lipinski definition) is 1. The fourth-order valence-electron chi connectivity index (χ4n) is 4.37. The Kier molecular flexibility index (Phi) is 6.10. The third-order valence-electron chi connectivity index (χ3n) is 5.75. The van der Waals surface area contributed by atoms with Crippen LogP contribution >= 0.6 is 0 Å². The smallest absolute Gasteiger partial charge is 0.309 e. The summed E-state index contributed by atoms with van der Waals surface area (Å²) in [5.41, 5.74) is 9.69. The van der Waals surface area contributed by atoms with Crippen molar-refractivity contribution in [1.29, 1.82) is 0 Å². The Morgan fingerprint density at radius 2 is 2.00 bits per heavy atom. The van der Waals surface area contributed by atoms with Crippen LogP contribution in [0.2, 0.25) is 0 Å². The van der Waals surface area contributed by atoms with Crippen LogP contribution in [0.5, 0.6) is 0 Å². The molecule has 2 atom stereocenters. The predicted molar refractivity (Wildman–Crippen MR) is 107 cm³/mol. The lowest BCUT2D eigenvalue weighted by Crippen LogP contribution is -2.39. The van der Waals surface area contributed by atoms with Crippen LogP contribution in [0.3, 0.4) is 0 Å². The SMILES string of the molecule is CCOC(=O)[C@H]1CC1c1ccc(N(CC(C)C)C2CCCCC2)c(N)c1. The van der Waals surface area contributed by atoms with Gasteiger partial charge in [-0.25, -0.2) is 0 Å². The van der Waals surface area contributed by atoms with Gasteiger partial charge in [0, 0.05) is 12.6 Å². The highest BCUT2D eigenvalue weighted by molar-refractivity contribution is 5.78. The zero-order valence-electron chi connectivity index (χ0n) is 16.5. The van der Waals surface area contributed by atoms with E-state index in [0.717, 1.165) is 18.7 Å². The van der Waals surface area contributed by atoms with Crippen LogP contribution in [0.4, 0.5) is 11.4 Å². The molecule has 2 fully saturated rings. The molecule has 1 unspecified atom stereocenters. The Morgan fingerprint density at radius 3 is 2.62 bits per heavy atom. The van der Waals surface area contributed by atoms with Crippen molar-refractivity contribution in [1.82, 2.24) is 0 Å². The molecule has 0 bridgehead atoms. The molecule has 0 heterocycles. The molecule has 2 aliphatic rings. The average Bonchev–Trinajstić information content (AvgIpc) is 3.42. The molecule has 26 heavy (non-hydrogen) atoms. The maximum Gasteiger partial charge on any atom is 0.309 e. The largest absolute Gasteiger partial charge is 0.466 e. The summed E-state index contributed by atoms with van der Waals surface area (Å²) in [6, 6.07) is 7.05. The minimum atomic E-state index is -0.0659. The van der Waals surface area contributed by atoms with Crippen LogP contribution in [0.1, 0.15) is 70.8 Å². The molecule has 0 radical (unpaired) electrons. The summed E-state index contributed by atoms with van der Waals surface area (Å²) in [7, 11) is 0. The summed E-state index contributed by atoms with van der Waals surface area (Å²) in [5, 5.41) is 0. The molecule has 1 aromatic carbocycles. The molecule has 2 aliphatic carbocycles. The zero-order valence-corrected chi connectivity index (χ0v) is 16.5. The fourth-order valence-corrected chi connectivity index (χ4v) is 4.37.